The minimum atomic E-state index is -0.0875. The molecule has 3 heterocycles. The van der Waals surface area contributed by atoms with Crippen LogP contribution >= 0.6 is 0 Å². The second-order valence-corrected chi connectivity index (χ2v) is 6.92. The standard InChI is InChI=1S/C20H22N4O2/c1-12-8-16(18-13(2)23-24(3)19(18)22-12)20(25)21-10-14-9-15-6-4-5-7-17(15)26-11-14/h4-8,14H,9-11H2,1-3H3,(H,21,25). The van der Waals surface area contributed by atoms with E-state index in [1.54, 1.807) is 4.68 Å². The van der Waals surface area contributed by atoms with Crippen molar-refractivity contribution in [1.82, 2.24) is 20.1 Å². The van der Waals surface area contributed by atoms with Gasteiger partial charge in [0, 0.05) is 25.2 Å². The molecule has 0 aliphatic carbocycles. The van der Waals surface area contributed by atoms with Gasteiger partial charge in [-0.15, -0.1) is 0 Å². The zero-order valence-corrected chi connectivity index (χ0v) is 15.2. The topological polar surface area (TPSA) is 69.0 Å². The van der Waals surface area contributed by atoms with E-state index in [4.69, 9.17) is 4.74 Å². The summed E-state index contributed by atoms with van der Waals surface area (Å²) in [6.45, 7) is 5.00. The Morgan fingerprint density at radius 1 is 1.35 bits per heavy atom. The summed E-state index contributed by atoms with van der Waals surface area (Å²) >= 11 is 0. The first-order valence-electron chi connectivity index (χ1n) is 8.83. The van der Waals surface area contributed by atoms with E-state index in [2.05, 4.69) is 21.5 Å². The maximum Gasteiger partial charge on any atom is 0.252 e. The van der Waals surface area contributed by atoms with Crippen molar-refractivity contribution in [2.45, 2.75) is 20.3 Å². The molecule has 1 N–H and O–H groups in total. The zero-order valence-electron chi connectivity index (χ0n) is 15.2. The van der Waals surface area contributed by atoms with Gasteiger partial charge in [-0.25, -0.2) is 4.98 Å². The van der Waals surface area contributed by atoms with Crippen molar-refractivity contribution in [3.05, 3.63) is 52.8 Å². The Hall–Kier alpha value is -2.89. The van der Waals surface area contributed by atoms with Crippen LogP contribution in [0.2, 0.25) is 0 Å². The van der Waals surface area contributed by atoms with E-state index in [1.807, 2.05) is 45.2 Å². The molecule has 0 saturated heterocycles. The molecule has 0 bridgehead atoms. The van der Waals surface area contributed by atoms with Gasteiger partial charge < -0.3 is 10.1 Å². The average Bonchev–Trinajstić information content (AvgIpc) is 2.92. The summed E-state index contributed by atoms with van der Waals surface area (Å²) in [6, 6.07) is 9.90. The number of hydrogen-bond donors (Lipinski definition) is 1. The number of ether oxygens (including phenoxy) is 1. The maximum absolute atomic E-state index is 12.8. The van der Waals surface area contributed by atoms with Crippen LogP contribution in [0.25, 0.3) is 11.0 Å². The van der Waals surface area contributed by atoms with Crippen LogP contribution < -0.4 is 10.1 Å². The van der Waals surface area contributed by atoms with Crippen molar-refractivity contribution in [3.8, 4) is 5.75 Å². The summed E-state index contributed by atoms with van der Waals surface area (Å²) in [7, 11) is 1.85. The molecule has 1 unspecified atom stereocenters. The lowest BCUT2D eigenvalue weighted by atomic mass is 9.96. The SMILES string of the molecule is Cc1cc(C(=O)NCC2COc3ccccc3C2)c2c(C)nn(C)c2n1. The van der Waals surface area contributed by atoms with Gasteiger partial charge in [0.2, 0.25) is 0 Å². The number of carbonyl (C=O) groups is 1. The number of carbonyl (C=O) groups excluding carboxylic acids is 1. The third kappa shape index (κ3) is 2.92. The first kappa shape index (κ1) is 16.6. The quantitative estimate of drug-likeness (QED) is 0.788. The normalized spacial score (nSPS) is 16.2. The van der Waals surface area contributed by atoms with Crippen molar-refractivity contribution in [3.63, 3.8) is 0 Å². The van der Waals surface area contributed by atoms with Gasteiger partial charge in [0.25, 0.3) is 5.91 Å². The number of rotatable bonds is 3. The van der Waals surface area contributed by atoms with Crippen LogP contribution in [0.5, 0.6) is 5.75 Å². The number of nitrogens with zero attached hydrogens (tertiary/aromatic N) is 3. The fourth-order valence-corrected chi connectivity index (χ4v) is 3.60. The number of fused-ring (bicyclic) bond motifs is 2. The van der Waals surface area contributed by atoms with E-state index >= 15 is 0 Å². The lowest BCUT2D eigenvalue weighted by Gasteiger charge is -2.25. The Bertz CT molecular complexity index is 993. The van der Waals surface area contributed by atoms with Gasteiger partial charge in [0.05, 0.1) is 23.3 Å². The molecular formula is C20H22N4O2. The van der Waals surface area contributed by atoms with Crippen LogP contribution in [0.3, 0.4) is 0 Å². The maximum atomic E-state index is 12.8. The number of pyridine rings is 1. The van der Waals surface area contributed by atoms with E-state index in [0.29, 0.717) is 18.7 Å². The van der Waals surface area contributed by atoms with Gasteiger partial charge >= 0.3 is 0 Å². The number of aryl methyl sites for hydroxylation is 3. The van der Waals surface area contributed by atoms with Crippen LogP contribution in [0.1, 0.15) is 27.3 Å². The lowest BCUT2D eigenvalue weighted by Crippen LogP contribution is -2.35. The third-order valence-electron chi connectivity index (χ3n) is 4.85. The molecule has 1 atom stereocenters. The molecule has 0 radical (unpaired) electrons. The first-order valence-corrected chi connectivity index (χ1v) is 8.83. The first-order chi connectivity index (χ1) is 12.5. The lowest BCUT2D eigenvalue weighted by molar-refractivity contribution is 0.0940. The summed E-state index contributed by atoms with van der Waals surface area (Å²) in [5.74, 6) is 1.13. The van der Waals surface area contributed by atoms with E-state index < -0.39 is 0 Å². The number of para-hydroxylation sites is 1. The van der Waals surface area contributed by atoms with E-state index in [0.717, 1.165) is 34.6 Å². The smallest absolute Gasteiger partial charge is 0.252 e. The van der Waals surface area contributed by atoms with E-state index in [9.17, 15) is 4.79 Å². The molecule has 1 aromatic carbocycles. The molecule has 1 aliphatic heterocycles. The second-order valence-electron chi connectivity index (χ2n) is 6.92. The molecule has 0 spiro atoms. The average molecular weight is 350 g/mol. The zero-order chi connectivity index (χ0) is 18.3. The summed E-state index contributed by atoms with van der Waals surface area (Å²) in [4.78, 5) is 17.4. The van der Waals surface area contributed by atoms with Gasteiger partial charge in [-0.05, 0) is 38.0 Å². The molecule has 134 valence electrons. The predicted molar refractivity (Wildman–Crippen MR) is 99.4 cm³/mol. The third-order valence-corrected chi connectivity index (χ3v) is 4.85. The minimum absolute atomic E-state index is 0.0875. The highest BCUT2D eigenvalue weighted by molar-refractivity contribution is 6.06. The molecule has 2 aromatic heterocycles. The Balaban J connectivity index is 1.52. The fraction of sp³-hybridized carbons (Fsp3) is 0.350. The molecular weight excluding hydrogens is 328 g/mol. The largest absolute Gasteiger partial charge is 0.493 e. The number of nitrogens with one attached hydrogen (secondary N) is 1. The number of hydrogen-bond acceptors (Lipinski definition) is 4. The highest BCUT2D eigenvalue weighted by atomic mass is 16.5. The summed E-state index contributed by atoms with van der Waals surface area (Å²) in [5.41, 5.74) is 4.19. The van der Waals surface area contributed by atoms with Crippen molar-refractivity contribution in [2.75, 3.05) is 13.2 Å². The summed E-state index contributed by atoms with van der Waals surface area (Å²) < 4.78 is 7.53. The Morgan fingerprint density at radius 2 is 2.15 bits per heavy atom. The minimum Gasteiger partial charge on any atom is -0.493 e. The molecule has 4 rings (SSSR count). The monoisotopic (exact) mass is 350 g/mol. The van der Waals surface area contributed by atoms with Crippen molar-refractivity contribution in [2.24, 2.45) is 13.0 Å². The number of benzene rings is 1. The number of amides is 1. The molecule has 0 saturated carbocycles. The second kappa shape index (κ2) is 6.44. The van der Waals surface area contributed by atoms with Gasteiger partial charge in [-0.2, -0.15) is 5.10 Å². The van der Waals surface area contributed by atoms with Gasteiger partial charge in [-0.1, -0.05) is 18.2 Å². The van der Waals surface area contributed by atoms with Gasteiger partial charge in [0.1, 0.15) is 5.75 Å². The molecule has 3 aromatic rings. The summed E-state index contributed by atoms with van der Waals surface area (Å²) in [6.07, 6.45) is 0.910. The van der Waals surface area contributed by atoms with Crippen LogP contribution in [0.15, 0.2) is 30.3 Å². The van der Waals surface area contributed by atoms with Gasteiger partial charge in [0.15, 0.2) is 5.65 Å². The molecule has 0 fully saturated rings. The van der Waals surface area contributed by atoms with E-state index in [1.165, 1.54) is 5.56 Å². The highest BCUT2D eigenvalue weighted by Crippen LogP contribution is 2.27. The van der Waals surface area contributed by atoms with Crippen LogP contribution in [-0.4, -0.2) is 33.8 Å². The molecule has 6 nitrogen and oxygen atoms in total. The molecule has 1 aliphatic rings. The van der Waals surface area contributed by atoms with Crippen LogP contribution in [0, 0.1) is 19.8 Å². The van der Waals surface area contributed by atoms with Crippen LogP contribution in [-0.2, 0) is 13.5 Å². The Morgan fingerprint density at radius 3 is 3.00 bits per heavy atom. The van der Waals surface area contributed by atoms with Gasteiger partial charge in [-0.3, -0.25) is 9.48 Å². The number of aromatic nitrogens is 3. The Labute approximate surface area is 152 Å². The highest BCUT2D eigenvalue weighted by Gasteiger charge is 2.22. The van der Waals surface area contributed by atoms with Crippen LogP contribution in [0.4, 0.5) is 0 Å². The van der Waals surface area contributed by atoms with Crippen molar-refractivity contribution >= 4 is 16.9 Å². The van der Waals surface area contributed by atoms with E-state index in [-0.39, 0.29) is 11.8 Å². The Kier molecular flexibility index (Phi) is 4.11. The predicted octanol–water partition coefficient (Wildman–Crippen LogP) is 2.57. The molecule has 6 heteroatoms. The molecule has 26 heavy (non-hydrogen) atoms. The van der Waals surface area contributed by atoms with Crippen molar-refractivity contribution < 1.29 is 9.53 Å². The fourth-order valence-electron chi connectivity index (χ4n) is 3.60. The molecule has 1 amide bonds. The summed E-state index contributed by atoms with van der Waals surface area (Å²) in [5, 5.41) is 8.30. The van der Waals surface area contributed by atoms with Crippen molar-refractivity contribution in [1.29, 1.82) is 0 Å².